The third kappa shape index (κ3) is 5.22. The van der Waals surface area contributed by atoms with Gasteiger partial charge >= 0.3 is 12.1 Å². The number of piperidine rings is 1. The van der Waals surface area contributed by atoms with E-state index in [2.05, 4.69) is 36.5 Å². The van der Waals surface area contributed by atoms with Gasteiger partial charge < -0.3 is 19.9 Å². The molecule has 4 atom stereocenters. The standard InChI is InChI=1S/C23H35N3O3/c1-16-15-19(11-13-25(16)22(28)29-23(3,4)5)24-21(27)26-14-12-20(17(26)2)18-9-7-6-8-10-18/h6-10,16-17,19-20H,11-15H2,1-5H3,(H,24,27). The molecule has 0 saturated carbocycles. The highest BCUT2D eigenvalue weighted by molar-refractivity contribution is 5.75. The maximum Gasteiger partial charge on any atom is 0.410 e. The highest BCUT2D eigenvalue weighted by atomic mass is 16.6. The smallest absolute Gasteiger partial charge is 0.410 e. The van der Waals surface area contributed by atoms with E-state index in [0.717, 1.165) is 25.8 Å². The van der Waals surface area contributed by atoms with Gasteiger partial charge in [-0.3, -0.25) is 0 Å². The van der Waals surface area contributed by atoms with Crippen LogP contribution in [0.25, 0.3) is 0 Å². The molecule has 0 radical (unpaired) electrons. The maximum absolute atomic E-state index is 12.9. The van der Waals surface area contributed by atoms with Gasteiger partial charge in [0.2, 0.25) is 0 Å². The zero-order chi connectivity index (χ0) is 21.2. The van der Waals surface area contributed by atoms with E-state index < -0.39 is 5.60 Å². The lowest BCUT2D eigenvalue weighted by atomic mass is 9.93. The molecule has 3 amide bonds. The molecule has 1 aromatic carbocycles. The van der Waals surface area contributed by atoms with Gasteiger partial charge in [0.1, 0.15) is 5.60 Å². The molecular formula is C23H35N3O3. The van der Waals surface area contributed by atoms with Gasteiger partial charge in [0.15, 0.2) is 0 Å². The summed E-state index contributed by atoms with van der Waals surface area (Å²) in [5, 5.41) is 3.21. The fourth-order valence-electron chi connectivity index (χ4n) is 4.52. The average molecular weight is 402 g/mol. The number of nitrogens with one attached hydrogen (secondary N) is 1. The molecule has 2 heterocycles. The Bertz CT molecular complexity index is 716. The number of hydrogen-bond acceptors (Lipinski definition) is 3. The number of carbonyl (C=O) groups is 2. The van der Waals surface area contributed by atoms with Crippen LogP contribution in [0.4, 0.5) is 9.59 Å². The SMILES string of the molecule is CC1CC(NC(=O)N2CCC(c3ccccc3)C2C)CCN1C(=O)OC(C)(C)C. The van der Waals surface area contributed by atoms with Crippen LogP contribution in [0.15, 0.2) is 30.3 Å². The summed E-state index contributed by atoms with van der Waals surface area (Å²) in [5.74, 6) is 0.384. The van der Waals surface area contributed by atoms with Gasteiger partial charge in [0.05, 0.1) is 0 Å². The van der Waals surface area contributed by atoms with Gasteiger partial charge in [0, 0.05) is 37.1 Å². The summed E-state index contributed by atoms with van der Waals surface area (Å²) < 4.78 is 5.50. The van der Waals surface area contributed by atoms with Crippen LogP contribution in [0, 0.1) is 0 Å². The second-order valence-electron chi connectivity index (χ2n) is 9.43. The van der Waals surface area contributed by atoms with Gasteiger partial charge in [-0.05, 0) is 59.4 Å². The van der Waals surface area contributed by atoms with Gasteiger partial charge in [-0.25, -0.2) is 9.59 Å². The molecule has 160 valence electrons. The number of likely N-dealkylation sites (tertiary alicyclic amines) is 2. The minimum atomic E-state index is -0.497. The van der Waals surface area contributed by atoms with Gasteiger partial charge in [-0.2, -0.15) is 0 Å². The Morgan fingerprint density at radius 1 is 1.03 bits per heavy atom. The van der Waals surface area contributed by atoms with E-state index in [1.165, 1.54) is 5.56 Å². The summed E-state index contributed by atoms with van der Waals surface area (Å²) in [5.41, 5.74) is 0.804. The van der Waals surface area contributed by atoms with Crippen LogP contribution in [-0.2, 0) is 4.74 Å². The summed E-state index contributed by atoms with van der Waals surface area (Å²) in [6, 6.07) is 10.8. The number of urea groups is 1. The zero-order valence-electron chi connectivity index (χ0n) is 18.4. The number of benzene rings is 1. The summed E-state index contributed by atoms with van der Waals surface area (Å²) in [7, 11) is 0. The highest BCUT2D eigenvalue weighted by Gasteiger charge is 2.37. The molecule has 29 heavy (non-hydrogen) atoms. The summed E-state index contributed by atoms with van der Waals surface area (Å²) in [6.45, 7) is 11.2. The van der Waals surface area contributed by atoms with Gasteiger partial charge in [-0.1, -0.05) is 30.3 Å². The van der Waals surface area contributed by atoms with Crippen molar-refractivity contribution < 1.29 is 14.3 Å². The third-order valence-corrected chi connectivity index (χ3v) is 6.08. The molecular weight excluding hydrogens is 366 g/mol. The fourth-order valence-corrected chi connectivity index (χ4v) is 4.52. The molecule has 6 heteroatoms. The first-order valence-corrected chi connectivity index (χ1v) is 10.8. The van der Waals surface area contributed by atoms with Crippen molar-refractivity contribution in [3.8, 4) is 0 Å². The number of hydrogen-bond donors (Lipinski definition) is 1. The molecule has 0 aliphatic carbocycles. The molecule has 3 rings (SSSR count). The molecule has 2 saturated heterocycles. The molecule has 0 bridgehead atoms. The van der Waals surface area contributed by atoms with E-state index in [-0.39, 0.29) is 30.2 Å². The highest BCUT2D eigenvalue weighted by Crippen LogP contribution is 2.33. The minimum absolute atomic E-state index is 0.0128. The van der Waals surface area contributed by atoms with Crippen molar-refractivity contribution in [1.29, 1.82) is 0 Å². The molecule has 2 aliphatic rings. The quantitative estimate of drug-likeness (QED) is 0.801. The van der Waals surface area contributed by atoms with Crippen LogP contribution in [0.2, 0.25) is 0 Å². The number of nitrogens with zero attached hydrogens (tertiary/aromatic N) is 2. The van der Waals surface area contributed by atoms with Crippen molar-refractivity contribution in [3.05, 3.63) is 35.9 Å². The molecule has 2 aliphatic heterocycles. The first kappa shape index (κ1) is 21.5. The van der Waals surface area contributed by atoms with Crippen LogP contribution < -0.4 is 5.32 Å². The van der Waals surface area contributed by atoms with E-state index in [9.17, 15) is 9.59 Å². The summed E-state index contributed by atoms with van der Waals surface area (Å²) in [6.07, 6.45) is 2.22. The molecule has 4 unspecified atom stereocenters. The van der Waals surface area contributed by atoms with Crippen molar-refractivity contribution in [2.75, 3.05) is 13.1 Å². The number of ether oxygens (including phenoxy) is 1. The second-order valence-corrected chi connectivity index (χ2v) is 9.43. The van der Waals surface area contributed by atoms with Crippen LogP contribution in [0.3, 0.4) is 0 Å². The third-order valence-electron chi connectivity index (χ3n) is 6.08. The average Bonchev–Trinajstić information content (AvgIpc) is 3.02. The number of carbonyl (C=O) groups excluding carboxylic acids is 2. The van der Waals surface area contributed by atoms with E-state index >= 15 is 0 Å². The Labute approximate surface area is 174 Å². The monoisotopic (exact) mass is 401 g/mol. The lowest BCUT2D eigenvalue weighted by molar-refractivity contribution is 0.00969. The van der Waals surface area contributed by atoms with E-state index in [1.807, 2.05) is 38.7 Å². The fraction of sp³-hybridized carbons (Fsp3) is 0.652. The number of rotatable bonds is 2. The maximum atomic E-state index is 12.9. The van der Waals surface area contributed by atoms with E-state index in [4.69, 9.17) is 4.74 Å². The van der Waals surface area contributed by atoms with Gasteiger partial charge in [-0.15, -0.1) is 0 Å². The van der Waals surface area contributed by atoms with E-state index in [0.29, 0.717) is 12.5 Å². The van der Waals surface area contributed by atoms with Crippen LogP contribution in [-0.4, -0.2) is 58.7 Å². The summed E-state index contributed by atoms with van der Waals surface area (Å²) in [4.78, 5) is 29.0. The van der Waals surface area contributed by atoms with Gasteiger partial charge in [0.25, 0.3) is 0 Å². The normalized spacial score (nSPS) is 27.6. The van der Waals surface area contributed by atoms with Crippen molar-refractivity contribution in [2.24, 2.45) is 0 Å². The Morgan fingerprint density at radius 3 is 2.31 bits per heavy atom. The van der Waals surface area contributed by atoms with Crippen molar-refractivity contribution in [3.63, 3.8) is 0 Å². The summed E-state index contributed by atoms with van der Waals surface area (Å²) >= 11 is 0. The Kier molecular flexibility index (Phi) is 6.39. The zero-order valence-corrected chi connectivity index (χ0v) is 18.4. The predicted molar refractivity (Wildman–Crippen MR) is 114 cm³/mol. The molecule has 0 spiro atoms. The van der Waals surface area contributed by atoms with Crippen molar-refractivity contribution >= 4 is 12.1 Å². The number of amides is 3. The van der Waals surface area contributed by atoms with E-state index in [1.54, 1.807) is 4.90 Å². The first-order chi connectivity index (χ1) is 13.7. The van der Waals surface area contributed by atoms with Crippen molar-refractivity contribution in [2.45, 2.75) is 83.5 Å². The minimum Gasteiger partial charge on any atom is -0.444 e. The van der Waals surface area contributed by atoms with Crippen LogP contribution >= 0.6 is 0 Å². The first-order valence-electron chi connectivity index (χ1n) is 10.8. The lowest BCUT2D eigenvalue weighted by Gasteiger charge is -2.39. The Morgan fingerprint density at radius 2 is 1.69 bits per heavy atom. The Hall–Kier alpha value is -2.24. The lowest BCUT2D eigenvalue weighted by Crippen LogP contribution is -2.54. The molecule has 1 aromatic rings. The topological polar surface area (TPSA) is 61.9 Å². The largest absolute Gasteiger partial charge is 0.444 e. The molecule has 6 nitrogen and oxygen atoms in total. The van der Waals surface area contributed by atoms with Crippen LogP contribution in [0.5, 0.6) is 0 Å². The predicted octanol–water partition coefficient (Wildman–Crippen LogP) is 4.36. The Balaban J connectivity index is 1.52. The molecule has 2 fully saturated rings. The van der Waals surface area contributed by atoms with Crippen molar-refractivity contribution in [1.82, 2.24) is 15.1 Å². The molecule has 1 N–H and O–H groups in total. The molecule has 0 aromatic heterocycles. The van der Waals surface area contributed by atoms with Crippen LogP contribution in [0.1, 0.15) is 65.4 Å². The second kappa shape index (κ2) is 8.64.